The lowest BCUT2D eigenvalue weighted by atomic mass is 10.1. The standard InChI is InChI=1S/C26H19N5O3/c32-23-10-8-17-13-19(23)20-9-11-24(33)31(29-20)15-16-4-3-5-18(12-16)25(34)28-26-27-21-6-1-2-7-22(21)30(26)14-17/h1-13,32H,14-15H2,(H,27,28,34). The molecule has 6 bridgehead atoms. The lowest BCUT2D eigenvalue weighted by molar-refractivity contribution is 0.102. The summed E-state index contributed by atoms with van der Waals surface area (Å²) in [6, 6.07) is 23.0. The summed E-state index contributed by atoms with van der Waals surface area (Å²) >= 11 is 0. The lowest BCUT2D eigenvalue weighted by Crippen LogP contribution is -2.23. The maximum absolute atomic E-state index is 13.1. The van der Waals surface area contributed by atoms with E-state index in [1.54, 1.807) is 30.3 Å². The van der Waals surface area contributed by atoms with Gasteiger partial charge in [0.15, 0.2) is 0 Å². The Balaban J connectivity index is 1.60. The quantitative estimate of drug-likeness (QED) is 0.376. The van der Waals surface area contributed by atoms with Crippen molar-refractivity contribution >= 4 is 22.9 Å². The van der Waals surface area contributed by atoms with Gasteiger partial charge in [-0.1, -0.05) is 30.3 Å². The van der Waals surface area contributed by atoms with Gasteiger partial charge in [0, 0.05) is 17.2 Å². The Hall–Kier alpha value is -4.72. The fraction of sp³-hybridized carbons (Fsp3) is 0.0769. The van der Waals surface area contributed by atoms with Gasteiger partial charge in [-0.15, -0.1) is 0 Å². The van der Waals surface area contributed by atoms with E-state index in [9.17, 15) is 14.7 Å². The van der Waals surface area contributed by atoms with E-state index in [0.29, 0.717) is 29.3 Å². The van der Waals surface area contributed by atoms with Crippen LogP contribution >= 0.6 is 0 Å². The summed E-state index contributed by atoms with van der Waals surface area (Å²) in [5, 5.41) is 18.0. The van der Waals surface area contributed by atoms with Crippen LogP contribution in [0.1, 0.15) is 21.5 Å². The topological polar surface area (TPSA) is 102 Å². The molecule has 0 radical (unpaired) electrons. The molecule has 8 heteroatoms. The van der Waals surface area contributed by atoms with Gasteiger partial charge in [0.2, 0.25) is 5.95 Å². The second-order valence-electron chi connectivity index (χ2n) is 8.23. The minimum atomic E-state index is -0.297. The number of nitrogens with zero attached hydrogens (tertiary/aromatic N) is 4. The van der Waals surface area contributed by atoms with Crippen LogP contribution in [0.3, 0.4) is 0 Å². The summed E-state index contributed by atoms with van der Waals surface area (Å²) in [5.41, 5.74) is 4.44. The number of phenolic OH excluding ortho intramolecular Hbond substituents is 1. The van der Waals surface area contributed by atoms with E-state index in [4.69, 9.17) is 0 Å². The molecular formula is C26H19N5O3. The number of phenols is 1. The molecule has 0 atom stereocenters. The highest BCUT2D eigenvalue weighted by atomic mass is 16.3. The molecule has 1 aliphatic heterocycles. The number of carbonyl (C=O) groups is 1. The van der Waals surface area contributed by atoms with Gasteiger partial charge < -0.3 is 9.67 Å². The molecule has 2 N–H and O–H groups in total. The molecule has 2 aromatic heterocycles. The Labute approximate surface area is 193 Å². The summed E-state index contributed by atoms with van der Waals surface area (Å²) < 4.78 is 3.26. The maximum Gasteiger partial charge on any atom is 0.267 e. The van der Waals surface area contributed by atoms with E-state index in [2.05, 4.69) is 15.4 Å². The van der Waals surface area contributed by atoms with Gasteiger partial charge in [-0.3, -0.25) is 14.9 Å². The molecule has 1 amide bonds. The third-order valence-corrected chi connectivity index (χ3v) is 5.95. The molecule has 0 aliphatic carbocycles. The van der Waals surface area contributed by atoms with E-state index in [-0.39, 0.29) is 23.8 Å². The fourth-order valence-corrected chi connectivity index (χ4v) is 4.26. The van der Waals surface area contributed by atoms with Crippen LogP contribution < -0.4 is 10.9 Å². The van der Waals surface area contributed by atoms with Crippen LogP contribution in [0.4, 0.5) is 5.95 Å². The highest BCUT2D eigenvalue weighted by Crippen LogP contribution is 2.30. The number of aromatic nitrogens is 4. The van der Waals surface area contributed by atoms with Crippen LogP contribution in [-0.2, 0) is 13.1 Å². The van der Waals surface area contributed by atoms with Gasteiger partial charge in [0.25, 0.3) is 11.5 Å². The second-order valence-corrected chi connectivity index (χ2v) is 8.23. The third kappa shape index (κ3) is 3.41. The van der Waals surface area contributed by atoms with Crippen LogP contribution in [0.15, 0.2) is 83.7 Å². The number of carbonyl (C=O) groups excluding carboxylic acids is 1. The summed E-state index contributed by atoms with van der Waals surface area (Å²) in [6.45, 7) is 0.593. The first-order valence-electron chi connectivity index (χ1n) is 10.8. The molecule has 0 unspecified atom stereocenters. The molecule has 3 aromatic carbocycles. The smallest absolute Gasteiger partial charge is 0.267 e. The average molecular weight is 449 g/mol. The van der Waals surface area contributed by atoms with Crippen molar-refractivity contribution in [3.8, 4) is 17.0 Å². The van der Waals surface area contributed by atoms with Crippen molar-refractivity contribution in [2.45, 2.75) is 13.1 Å². The SMILES string of the molecule is O=C1Nc2nc3ccccc3n2Cc2ccc(O)c(c2)-c2ccc(=O)n(n2)Cc2cccc1c2. The zero-order chi connectivity index (χ0) is 23.2. The van der Waals surface area contributed by atoms with Crippen molar-refractivity contribution in [2.75, 3.05) is 5.32 Å². The van der Waals surface area contributed by atoms with E-state index in [0.717, 1.165) is 22.2 Å². The number of imidazole rings is 1. The van der Waals surface area contributed by atoms with Crippen LogP contribution in [0.25, 0.3) is 22.3 Å². The third-order valence-electron chi connectivity index (χ3n) is 5.95. The lowest BCUT2D eigenvalue weighted by Gasteiger charge is -2.12. The summed E-state index contributed by atoms with van der Waals surface area (Å²) in [4.78, 5) is 30.3. The fourth-order valence-electron chi connectivity index (χ4n) is 4.26. The first-order chi connectivity index (χ1) is 16.5. The largest absolute Gasteiger partial charge is 0.507 e. The number of rotatable bonds is 0. The van der Waals surface area contributed by atoms with E-state index >= 15 is 0 Å². The number of anilines is 1. The van der Waals surface area contributed by atoms with Gasteiger partial charge in [0.1, 0.15) is 5.75 Å². The Bertz CT molecular complexity index is 1650. The van der Waals surface area contributed by atoms with Crippen LogP contribution in [0, 0.1) is 0 Å². The summed E-state index contributed by atoms with van der Waals surface area (Å²) in [7, 11) is 0. The van der Waals surface area contributed by atoms with Crippen LogP contribution in [-0.4, -0.2) is 30.3 Å². The average Bonchev–Trinajstić information content (AvgIpc) is 3.18. The van der Waals surface area contributed by atoms with Gasteiger partial charge >= 0.3 is 0 Å². The molecule has 5 aromatic rings. The normalized spacial score (nSPS) is 13.0. The zero-order valence-electron chi connectivity index (χ0n) is 18.0. The minimum absolute atomic E-state index is 0.0665. The van der Waals surface area contributed by atoms with Crippen molar-refractivity contribution in [1.82, 2.24) is 19.3 Å². The summed E-state index contributed by atoms with van der Waals surface area (Å²) in [6.07, 6.45) is 0. The van der Waals surface area contributed by atoms with Gasteiger partial charge in [-0.2, -0.15) is 5.10 Å². The van der Waals surface area contributed by atoms with Gasteiger partial charge in [-0.05, 0) is 53.6 Å². The Kier molecular flexibility index (Phi) is 4.51. The molecular weight excluding hydrogens is 430 g/mol. The zero-order valence-corrected chi connectivity index (χ0v) is 18.0. The molecule has 34 heavy (non-hydrogen) atoms. The first kappa shape index (κ1) is 19.9. The molecule has 8 nitrogen and oxygen atoms in total. The van der Waals surface area contributed by atoms with Crippen LogP contribution in [0.5, 0.6) is 5.75 Å². The molecule has 3 heterocycles. The van der Waals surface area contributed by atoms with Crippen molar-refractivity contribution in [3.63, 3.8) is 0 Å². The van der Waals surface area contributed by atoms with Gasteiger partial charge in [-0.25, -0.2) is 9.67 Å². The van der Waals surface area contributed by atoms with Crippen LogP contribution in [0.2, 0.25) is 0 Å². The molecule has 0 saturated heterocycles. The minimum Gasteiger partial charge on any atom is -0.507 e. The molecule has 0 fully saturated rings. The van der Waals surface area contributed by atoms with E-state index in [1.807, 2.05) is 47.0 Å². The number of hydrogen-bond acceptors (Lipinski definition) is 5. The van der Waals surface area contributed by atoms with Crippen molar-refractivity contribution in [3.05, 3.63) is 106 Å². The first-order valence-corrected chi connectivity index (χ1v) is 10.8. The number of para-hydroxylation sites is 2. The molecule has 6 rings (SSSR count). The number of fused-ring (bicyclic) bond motifs is 10. The monoisotopic (exact) mass is 449 g/mol. The van der Waals surface area contributed by atoms with Gasteiger partial charge in [0.05, 0.1) is 29.8 Å². The second kappa shape index (κ2) is 7.70. The number of hydrogen-bond donors (Lipinski definition) is 2. The highest BCUT2D eigenvalue weighted by Gasteiger charge is 2.17. The number of amides is 1. The predicted octanol–water partition coefficient (Wildman–Crippen LogP) is 3.63. The van der Waals surface area contributed by atoms with Crippen molar-refractivity contribution < 1.29 is 9.90 Å². The summed E-state index contributed by atoms with van der Waals surface area (Å²) in [5.74, 6) is 0.196. The Morgan fingerprint density at radius 3 is 2.62 bits per heavy atom. The maximum atomic E-state index is 13.1. The number of benzene rings is 3. The Morgan fingerprint density at radius 2 is 1.71 bits per heavy atom. The van der Waals surface area contributed by atoms with E-state index in [1.165, 1.54) is 10.7 Å². The highest BCUT2D eigenvalue weighted by molar-refractivity contribution is 6.04. The van der Waals surface area contributed by atoms with Crippen molar-refractivity contribution in [1.29, 1.82) is 0 Å². The Morgan fingerprint density at radius 1 is 0.853 bits per heavy atom. The number of nitrogens with one attached hydrogen (secondary N) is 1. The molecule has 0 spiro atoms. The number of aromatic hydroxyl groups is 1. The predicted molar refractivity (Wildman–Crippen MR) is 128 cm³/mol. The van der Waals surface area contributed by atoms with E-state index < -0.39 is 0 Å². The van der Waals surface area contributed by atoms with Crippen molar-refractivity contribution in [2.24, 2.45) is 0 Å². The molecule has 0 saturated carbocycles. The molecule has 1 aliphatic rings. The molecule has 166 valence electrons.